The number of benzene rings is 1. The highest BCUT2D eigenvalue weighted by atomic mass is 32.2. The van der Waals surface area contributed by atoms with Gasteiger partial charge in [0.1, 0.15) is 11.5 Å². The Bertz CT molecular complexity index is 453. The smallest absolute Gasteiger partial charge is 0.302 e. The van der Waals surface area contributed by atoms with E-state index < -0.39 is 0 Å². The van der Waals surface area contributed by atoms with Gasteiger partial charge < -0.3 is 4.74 Å². The van der Waals surface area contributed by atoms with Gasteiger partial charge in [-0.3, -0.25) is 4.79 Å². The molecule has 1 aromatic carbocycles. The second kappa shape index (κ2) is 4.58. The minimum Gasteiger partial charge on any atom is -0.461 e. The van der Waals surface area contributed by atoms with Gasteiger partial charge in [0.2, 0.25) is 0 Å². The van der Waals surface area contributed by atoms with Crippen molar-refractivity contribution < 1.29 is 9.53 Å². The molecule has 0 saturated carbocycles. The SMILES string of the molecule is CC(=O)O[C@@H]1Cc2ccccc2[C@@H]1SC#N. The number of hydrogen-bond donors (Lipinski definition) is 0. The van der Waals surface area contributed by atoms with Gasteiger partial charge in [-0.2, -0.15) is 5.26 Å². The predicted octanol–water partition coefficient (Wildman–Crippen LogP) is 2.43. The molecule has 0 aromatic heterocycles. The topological polar surface area (TPSA) is 50.1 Å². The van der Waals surface area contributed by atoms with E-state index in [0.717, 1.165) is 17.3 Å². The van der Waals surface area contributed by atoms with Crippen LogP contribution in [0.5, 0.6) is 0 Å². The molecule has 1 aliphatic rings. The second-order valence-corrected chi connectivity index (χ2v) is 4.61. The fraction of sp³-hybridized carbons (Fsp3) is 0.333. The minimum absolute atomic E-state index is 0.0508. The third-order valence-electron chi connectivity index (χ3n) is 2.62. The van der Waals surface area contributed by atoms with Crippen molar-refractivity contribution in [2.24, 2.45) is 0 Å². The summed E-state index contributed by atoms with van der Waals surface area (Å²) >= 11 is 1.16. The van der Waals surface area contributed by atoms with E-state index in [2.05, 4.69) is 5.40 Å². The maximum atomic E-state index is 11.0. The van der Waals surface area contributed by atoms with Gasteiger partial charge in [-0.15, -0.1) is 0 Å². The van der Waals surface area contributed by atoms with Gasteiger partial charge in [-0.1, -0.05) is 24.3 Å². The Labute approximate surface area is 98.4 Å². The lowest BCUT2D eigenvalue weighted by atomic mass is 10.1. The Morgan fingerprint density at radius 2 is 2.31 bits per heavy atom. The molecule has 2 rings (SSSR count). The number of carbonyl (C=O) groups excluding carboxylic acids is 1. The van der Waals surface area contributed by atoms with Crippen LogP contribution in [0.1, 0.15) is 23.3 Å². The van der Waals surface area contributed by atoms with Gasteiger partial charge in [0.15, 0.2) is 0 Å². The van der Waals surface area contributed by atoms with Crippen LogP contribution in [0.25, 0.3) is 0 Å². The summed E-state index contributed by atoms with van der Waals surface area (Å²) in [4.78, 5) is 11.0. The summed E-state index contributed by atoms with van der Waals surface area (Å²) in [6.45, 7) is 1.40. The number of fused-ring (bicyclic) bond motifs is 1. The molecule has 0 saturated heterocycles. The van der Waals surface area contributed by atoms with Crippen LogP contribution in [-0.4, -0.2) is 12.1 Å². The molecule has 0 radical (unpaired) electrons. The number of nitriles is 1. The van der Waals surface area contributed by atoms with Crippen LogP contribution in [0.3, 0.4) is 0 Å². The summed E-state index contributed by atoms with van der Waals surface area (Å²) in [5.74, 6) is -0.290. The fourth-order valence-corrected chi connectivity index (χ4v) is 2.81. The predicted molar refractivity (Wildman–Crippen MR) is 61.6 cm³/mol. The average molecular weight is 233 g/mol. The first kappa shape index (κ1) is 11.0. The van der Waals surface area contributed by atoms with E-state index in [1.54, 1.807) is 0 Å². The number of ether oxygens (including phenoxy) is 1. The van der Waals surface area contributed by atoms with Crippen molar-refractivity contribution in [2.75, 3.05) is 0 Å². The maximum Gasteiger partial charge on any atom is 0.302 e. The third-order valence-corrected chi connectivity index (χ3v) is 3.53. The van der Waals surface area contributed by atoms with E-state index in [1.165, 1.54) is 12.5 Å². The van der Waals surface area contributed by atoms with Crippen molar-refractivity contribution in [1.29, 1.82) is 5.26 Å². The number of carbonyl (C=O) groups is 1. The van der Waals surface area contributed by atoms with Crippen LogP contribution in [-0.2, 0) is 16.0 Å². The molecule has 0 fully saturated rings. The summed E-state index contributed by atoms with van der Waals surface area (Å²) in [5.41, 5.74) is 2.28. The molecule has 0 amide bonds. The lowest BCUT2D eigenvalue weighted by molar-refractivity contribution is -0.145. The van der Waals surface area contributed by atoms with E-state index >= 15 is 0 Å². The molecular formula is C12H11NO2S. The van der Waals surface area contributed by atoms with E-state index in [1.807, 2.05) is 24.3 Å². The van der Waals surface area contributed by atoms with Crippen LogP contribution in [0.2, 0.25) is 0 Å². The monoisotopic (exact) mass is 233 g/mol. The molecule has 0 spiro atoms. The normalized spacial score (nSPS) is 22.2. The highest BCUT2D eigenvalue weighted by Gasteiger charge is 2.35. The highest BCUT2D eigenvalue weighted by Crippen LogP contribution is 2.42. The number of esters is 1. The molecule has 82 valence electrons. The molecule has 1 aromatic rings. The Hall–Kier alpha value is -1.47. The number of rotatable bonds is 2. The van der Waals surface area contributed by atoms with Crippen molar-refractivity contribution in [3.05, 3.63) is 35.4 Å². The highest BCUT2D eigenvalue weighted by molar-refractivity contribution is 8.04. The number of thiocyanates is 1. The van der Waals surface area contributed by atoms with Gasteiger partial charge in [-0.05, 0) is 22.9 Å². The summed E-state index contributed by atoms with van der Waals surface area (Å²) in [7, 11) is 0. The lowest BCUT2D eigenvalue weighted by Gasteiger charge is -2.16. The average Bonchev–Trinajstić information content (AvgIpc) is 2.57. The van der Waals surface area contributed by atoms with E-state index in [9.17, 15) is 4.79 Å². The molecule has 4 heteroatoms. The molecule has 1 aliphatic carbocycles. The number of nitrogens with zero attached hydrogens (tertiary/aromatic N) is 1. The van der Waals surface area contributed by atoms with Crippen LogP contribution in [0.15, 0.2) is 24.3 Å². The maximum absolute atomic E-state index is 11.0. The standard InChI is InChI=1S/C12H11NO2S/c1-8(14)15-11-6-9-4-2-3-5-10(9)12(11)16-7-13/h2-5,11-12H,6H2,1H3/t11-,12+/m1/s1. The number of thioether (sulfide) groups is 1. The van der Waals surface area contributed by atoms with Crippen LogP contribution < -0.4 is 0 Å². The quantitative estimate of drug-likeness (QED) is 0.581. The van der Waals surface area contributed by atoms with Gasteiger partial charge in [-0.25, -0.2) is 0 Å². The van der Waals surface area contributed by atoms with Crippen LogP contribution in [0, 0.1) is 10.7 Å². The molecule has 0 unspecified atom stereocenters. The Kier molecular flexibility index (Phi) is 3.16. The molecule has 2 atom stereocenters. The third kappa shape index (κ3) is 2.05. The first-order valence-corrected chi connectivity index (χ1v) is 5.90. The molecule has 16 heavy (non-hydrogen) atoms. The largest absolute Gasteiger partial charge is 0.461 e. The fourth-order valence-electron chi connectivity index (χ4n) is 2.03. The molecule has 0 N–H and O–H groups in total. The lowest BCUT2D eigenvalue weighted by Crippen LogP contribution is -2.19. The van der Waals surface area contributed by atoms with E-state index in [4.69, 9.17) is 10.00 Å². The van der Waals surface area contributed by atoms with Crippen molar-refractivity contribution in [2.45, 2.75) is 24.7 Å². The van der Waals surface area contributed by atoms with Gasteiger partial charge in [0.05, 0.1) is 5.25 Å². The molecule has 0 heterocycles. The first-order chi connectivity index (χ1) is 7.72. The zero-order valence-corrected chi connectivity index (χ0v) is 9.66. The van der Waals surface area contributed by atoms with Crippen molar-refractivity contribution in [3.63, 3.8) is 0 Å². The Morgan fingerprint density at radius 1 is 1.56 bits per heavy atom. The Balaban J connectivity index is 2.26. The van der Waals surface area contributed by atoms with Gasteiger partial charge in [0, 0.05) is 13.3 Å². The Morgan fingerprint density at radius 3 is 3.00 bits per heavy atom. The van der Waals surface area contributed by atoms with Crippen LogP contribution >= 0.6 is 11.8 Å². The second-order valence-electron chi connectivity index (χ2n) is 3.68. The van der Waals surface area contributed by atoms with Gasteiger partial charge >= 0.3 is 5.97 Å². The summed E-state index contributed by atoms with van der Waals surface area (Å²) in [6, 6.07) is 7.92. The van der Waals surface area contributed by atoms with Crippen molar-refractivity contribution in [1.82, 2.24) is 0 Å². The molecular weight excluding hydrogens is 222 g/mol. The molecule has 0 bridgehead atoms. The van der Waals surface area contributed by atoms with Crippen LogP contribution in [0.4, 0.5) is 0 Å². The van der Waals surface area contributed by atoms with Crippen molar-refractivity contribution in [3.8, 4) is 5.40 Å². The van der Waals surface area contributed by atoms with Gasteiger partial charge in [0.25, 0.3) is 0 Å². The molecule has 3 nitrogen and oxygen atoms in total. The summed E-state index contributed by atoms with van der Waals surface area (Å²) in [5, 5.41) is 10.8. The minimum atomic E-state index is -0.290. The van der Waals surface area contributed by atoms with Crippen molar-refractivity contribution >= 4 is 17.7 Å². The van der Waals surface area contributed by atoms with E-state index in [0.29, 0.717) is 6.42 Å². The zero-order valence-electron chi connectivity index (χ0n) is 8.84. The zero-order chi connectivity index (χ0) is 11.5. The first-order valence-electron chi connectivity index (χ1n) is 5.02. The number of hydrogen-bond acceptors (Lipinski definition) is 4. The van der Waals surface area contributed by atoms with E-state index in [-0.39, 0.29) is 17.3 Å². The molecule has 0 aliphatic heterocycles. The summed E-state index contributed by atoms with van der Waals surface area (Å²) < 4.78 is 5.25. The summed E-state index contributed by atoms with van der Waals surface area (Å²) in [6.07, 6.45) is 0.495.